The molecule has 5 rings (SSSR count). The number of fused-ring (bicyclic) bond motifs is 1. The number of hydrogen-bond acceptors (Lipinski definition) is 5. The monoisotopic (exact) mass is 424 g/mol. The first-order valence-corrected chi connectivity index (χ1v) is 10.7. The first kappa shape index (κ1) is 19.9. The molecule has 0 amide bonds. The summed E-state index contributed by atoms with van der Waals surface area (Å²) in [5.41, 5.74) is 4.96. The maximum atomic E-state index is 13.0. The van der Waals surface area contributed by atoms with Crippen molar-refractivity contribution in [2.24, 2.45) is 5.10 Å². The number of hydrazone groups is 1. The number of nitrogens with zero attached hydrogens (tertiary/aromatic N) is 3. The number of ether oxygens (including phenoxy) is 1. The van der Waals surface area contributed by atoms with Gasteiger partial charge < -0.3 is 9.72 Å². The van der Waals surface area contributed by atoms with Crippen molar-refractivity contribution in [1.82, 2.24) is 4.98 Å². The van der Waals surface area contributed by atoms with Crippen LogP contribution in [0.4, 0.5) is 11.4 Å². The van der Waals surface area contributed by atoms with E-state index < -0.39 is 5.97 Å². The van der Waals surface area contributed by atoms with Gasteiger partial charge in [0.25, 0.3) is 0 Å². The molecule has 3 aromatic carbocycles. The molecule has 1 N–H and O–H groups in total. The number of benzene rings is 3. The SMILES string of the molecule is CCOC(=O)C1=NN(c2ccccc2)C(c2c[nH]c3ccccc23)N1c1ccc(C)cc1. The highest BCUT2D eigenvalue weighted by molar-refractivity contribution is 6.42. The van der Waals surface area contributed by atoms with Gasteiger partial charge in [-0.3, -0.25) is 4.90 Å². The van der Waals surface area contributed by atoms with Gasteiger partial charge in [-0.25, -0.2) is 9.80 Å². The zero-order chi connectivity index (χ0) is 22.1. The molecular formula is C26H24N4O2. The standard InChI is InChI=1S/C26H24N4O2/c1-3-32-26(31)24-28-30(20-9-5-4-6-10-20)25(29(24)19-15-13-18(2)14-16-19)22-17-27-23-12-8-7-11-21(22)23/h4-17,25,27H,3H2,1-2H3. The Morgan fingerprint density at radius 3 is 2.44 bits per heavy atom. The molecule has 1 aliphatic heterocycles. The molecule has 0 spiro atoms. The van der Waals surface area contributed by atoms with E-state index >= 15 is 0 Å². The van der Waals surface area contributed by atoms with E-state index in [1.165, 1.54) is 0 Å². The van der Waals surface area contributed by atoms with Crippen molar-refractivity contribution in [3.8, 4) is 0 Å². The van der Waals surface area contributed by atoms with Crippen LogP contribution < -0.4 is 9.91 Å². The maximum Gasteiger partial charge on any atom is 0.376 e. The predicted octanol–water partition coefficient (Wildman–Crippen LogP) is 5.38. The molecular weight excluding hydrogens is 400 g/mol. The Labute approximate surface area is 186 Å². The number of esters is 1. The van der Waals surface area contributed by atoms with Crippen LogP contribution in [0.25, 0.3) is 10.9 Å². The predicted molar refractivity (Wildman–Crippen MR) is 128 cm³/mol. The highest BCUT2D eigenvalue weighted by Gasteiger charge is 2.42. The molecule has 6 nitrogen and oxygen atoms in total. The molecule has 1 unspecified atom stereocenters. The van der Waals surface area contributed by atoms with Crippen LogP contribution in [0.5, 0.6) is 0 Å². The first-order chi connectivity index (χ1) is 15.7. The Kier molecular flexibility index (Phi) is 5.11. The summed E-state index contributed by atoms with van der Waals surface area (Å²) < 4.78 is 5.39. The maximum absolute atomic E-state index is 13.0. The summed E-state index contributed by atoms with van der Waals surface area (Å²) in [6.07, 6.45) is 1.63. The van der Waals surface area contributed by atoms with E-state index in [2.05, 4.69) is 11.1 Å². The molecule has 4 aromatic rings. The minimum absolute atomic E-state index is 0.259. The molecule has 0 aliphatic carbocycles. The highest BCUT2D eigenvalue weighted by Crippen LogP contribution is 2.41. The number of carbonyl (C=O) groups excluding carboxylic acids is 1. The minimum atomic E-state index is -0.448. The molecule has 1 aromatic heterocycles. The average Bonchev–Trinajstić information content (AvgIpc) is 3.42. The van der Waals surface area contributed by atoms with Gasteiger partial charge in [-0.2, -0.15) is 0 Å². The van der Waals surface area contributed by atoms with Crippen LogP contribution >= 0.6 is 0 Å². The topological polar surface area (TPSA) is 60.9 Å². The lowest BCUT2D eigenvalue weighted by Gasteiger charge is -2.31. The fourth-order valence-corrected chi connectivity index (χ4v) is 4.09. The van der Waals surface area contributed by atoms with Gasteiger partial charge >= 0.3 is 5.97 Å². The summed E-state index contributed by atoms with van der Waals surface area (Å²) in [5.74, 6) is -0.189. The Hall–Kier alpha value is -4.06. The van der Waals surface area contributed by atoms with Crippen molar-refractivity contribution in [3.63, 3.8) is 0 Å². The largest absolute Gasteiger partial charge is 0.460 e. The van der Waals surface area contributed by atoms with Gasteiger partial charge in [-0.15, -0.1) is 5.10 Å². The van der Waals surface area contributed by atoms with Gasteiger partial charge in [-0.1, -0.05) is 54.1 Å². The van der Waals surface area contributed by atoms with Gasteiger partial charge in [-0.05, 0) is 44.2 Å². The molecule has 0 bridgehead atoms. The number of nitrogens with one attached hydrogen (secondary N) is 1. The number of anilines is 2. The molecule has 1 atom stereocenters. The number of carbonyl (C=O) groups is 1. The highest BCUT2D eigenvalue weighted by atomic mass is 16.5. The smallest absolute Gasteiger partial charge is 0.376 e. The van der Waals surface area contributed by atoms with E-state index in [1.54, 1.807) is 6.92 Å². The van der Waals surface area contributed by atoms with Crippen molar-refractivity contribution in [2.75, 3.05) is 16.5 Å². The van der Waals surface area contributed by atoms with E-state index in [4.69, 9.17) is 9.84 Å². The number of H-pyrrole nitrogens is 1. The van der Waals surface area contributed by atoms with Gasteiger partial charge in [0.05, 0.1) is 12.3 Å². The molecule has 32 heavy (non-hydrogen) atoms. The summed E-state index contributed by atoms with van der Waals surface area (Å²) in [5, 5.41) is 7.76. The second-order valence-corrected chi connectivity index (χ2v) is 7.69. The van der Waals surface area contributed by atoms with Crippen LogP contribution in [0.15, 0.2) is 90.2 Å². The van der Waals surface area contributed by atoms with Gasteiger partial charge in [0.2, 0.25) is 5.84 Å². The van der Waals surface area contributed by atoms with E-state index in [0.29, 0.717) is 0 Å². The van der Waals surface area contributed by atoms with E-state index in [9.17, 15) is 4.79 Å². The molecule has 1 aliphatic rings. The quantitative estimate of drug-likeness (QED) is 0.437. The third kappa shape index (κ3) is 3.39. The summed E-state index contributed by atoms with van der Waals surface area (Å²) in [7, 11) is 0. The molecule has 0 radical (unpaired) electrons. The zero-order valence-electron chi connectivity index (χ0n) is 18.0. The number of aromatic amines is 1. The third-order valence-electron chi connectivity index (χ3n) is 5.60. The summed E-state index contributed by atoms with van der Waals surface area (Å²) in [6, 6.07) is 26.1. The zero-order valence-corrected chi connectivity index (χ0v) is 18.0. The number of rotatable bonds is 5. The number of aryl methyl sites for hydroxylation is 1. The van der Waals surface area contributed by atoms with Crippen LogP contribution in [0.3, 0.4) is 0 Å². The van der Waals surface area contributed by atoms with Gasteiger partial charge in [0, 0.05) is 28.4 Å². The number of hydrogen-bond donors (Lipinski definition) is 1. The number of amidine groups is 1. The molecule has 0 fully saturated rings. The van der Waals surface area contributed by atoms with Crippen molar-refractivity contribution < 1.29 is 9.53 Å². The average molecular weight is 425 g/mol. The van der Waals surface area contributed by atoms with Crippen LogP contribution in [-0.4, -0.2) is 23.4 Å². The van der Waals surface area contributed by atoms with Crippen LogP contribution in [0, 0.1) is 6.92 Å². The van der Waals surface area contributed by atoms with Crippen LogP contribution in [-0.2, 0) is 9.53 Å². The minimum Gasteiger partial charge on any atom is -0.460 e. The first-order valence-electron chi connectivity index (χ1n) is 10.7. The van der Waals surface area contributed by atoms with Gasteiger partial charge in [0.1, 0.15) is 0 Å². The fourth-order valence-electron chi connectivity index (χ4n) is 4.09. The van der Waals surface area contributed by atoms with Crippen molar-refractivity contribution in [2.45, 2.75) is 20.0 Å². The van der Waals surface area contributed by atoms with Gasteiger partial charge in [0.15, 0.2) is 6.17 Å². The second-order valence-electron chi connectivity index (χ2n) is 7.69. The Morgan fingerprint density at radius 2 is 1.69 bits per heavy atom. The Balaban J connectivity index is 1.73. The lowest BCUT2D eigenvalue weighted by molar-refractivity contribution is -0.135. The summed E-state index contributed by atoms with van der Waals surface area (Å²) in [4.78, 5) is 18.3. The number of aromatic nitrogens is 1. The normalized spacial score (nSPS) is 15.8. The van der Waals surface area contributed by atoms with Crippen LogP contribution in [0.1, 0.15) is 24.2 Å². The molecule has 0 saturated carbocycles. The van der Waals surface area contributed by atoms with Crippen molar-refractivity contribution in [3.05, 3.63) is 96.2 Å². The third-order valence-corrected chi connectivity index (χ3v) is 5.60. The second kappa shape index (κ2) is 8.23. The summed E-state index contributed by atoms with van der Waals surface area (Å²) >= 11 is 0. The van der Waals surface area contributed by atoms with Crippen LogP contribution in [0.2, 0.25) is 0 Å². The van der Waals surface area contributed by atoms with Crippen molar-refractivity contribution >= 4 is 34.1 Å². The molecule has 2 heterocycles. The number of para-hydroxylation sites is 2. The molecule has 160 valence electrons. The van der Waals surface area contributed by atoms with E-state index in [0.717, 1.165) is 33.4 Å². The van der Waals surface area contributed by atoms with E-state index in [1.807, 2.05) is 95.8 Å². The molecule has 0 saturated heterocycles. The van der Waals surface area contributed by atoms with E-state index in [-0.39, 0.29) is 18.6 Å². The van der Waals surface area contributed by atoms with Crippen molar-refractivity contribution in [1.29, 1.82) is 0 Å². The lowest BCUT2D eigenvalue weighted by Crippen LogP contribution is -2.39. The Bertz CT molecular complexity index is 1280. The fraction of sp³-hybridized carbons (Fsp3) is 0.154. The summed E-state index contributed by atoms with van der Waals surface area (Å²) in [6.45, 7) is 4.12. The lowest BCUT2D eigenvalue weighted by atomic mass is 10.1. The Morgan fingerprint density at radius 1 is 0.969 bits per heavy atom. The molecule has 6 heteroatoms.